The summed E-state index contributed by atoms with van der Waals surface area (Å²) in [5.41, 5.74) is 0.801. The molecule has 0 saturated heterocycles. The van der Waals surface area contributed by atoms with Crippen LogP contribution in [0, 0.1) is 5.82 Å². The van der Waals surface area contributed by atoms with Crippen LogP contribution in [0.15, 0.2) is 39.2 Å². The fourth-order valence-electron chi connectivity index (χ4n) is 1.74. The highest BCUT2D eigenvalue weighted by Crippen LogP contribution is 2.21. The zero-order valence-electron chi connectivity index (χ0n) is 10.9. The van der Waals surface area contributed by atoms with Gasteiger partial charge < -0.3 is 9.73 Å². The lowest BCUT2D eigenvalue weighted by Gasteiger charge is -2.06. The fourth-order valence-corrected chi connectivity index (χ4v) is 2.57. The molecule has 1 aromatic heterocycles. The van der Waals surface area contributed by atoms with Crippen LogP contribution >= 0.6 is 27.7 Å². The second kappa shape index (κ2) is 7.91. The Morgan fingerprint density at radius 2 is 1.90 bits per heavy atom. The van der Waals surface area contributed by atoms with Gasteiger partial charge in [-0.3, -0.25) is 0 Å². The van der Waals surface area contributed by atoms with E-state index in [2.05, 4.69) is 21.2 Å². The molecule has 2 aromatic rings. The summed E-state index contributed by atoms with van der Waals surface area (Å²) in [4.78, 5) is 0. The van der Waals surface area contributed by atoms with Crippen molar-refractivity contribution in [3.05, 3.63) is 57.7 Å². The number of thioether (sulfide) groups is 1. The first kappa shape index (κ1) is 16.5. The molecule has 1 N–H and O–H groups in total. The average Bonchev–Trinajstić information content (AvgIpc) is 2.88. The number of furan rings is 1. The van der Waals surface area contributed by atoms with Gasteiger partial charge in [-0.25, -0.2) is 4.39 Å². The SMILES string of the molecule is Fc1ccc(Br)c(CNCc2ccc(CSC(F)F)o2)c1. The summed E-state index contributed by atoms with van der Waals surface area (Å²) in [5, 5.41) is 3.12. The Morgan fingerprint density at radius 3 is 2.67 bits per heavy atom. The molecule has 0 amide bonds. The molecule has 1 heterocycles. The van der Waals surface area contributed by atoms with E-state index in [1.807, 2.05) is 0 Å². The second-order valence-corrected chi connectivity index (χ2v) is 6.11. The Labute approximate surface area is 133 Å². The van der Waals surface area contributed by atoms with Gasteiger partial charge >= 0.3 is 0 Å². The van der Waals surface area contributed by atoms with Crippen LogP contribution in [0.5, 0.6) is 0 Å². The number of benzene rings is 1. The molecule has 21 heavy (non-hydrogen) atoms. The summed E-state index contributed by atoms with van der Waals surface area (Å²) in [6.45, 7) is 0.919. The molecule has 2 rings (SSSR count). The van der Waals surface area contributed by atoms with Crippen molar-refractivity contribution in [1.29, 1.82) is 0 Å². The van der Waals surface area contributed by atoms with Crippen molar-refractivity contribution >= 4 is 27.7 Å². The molecule has 0 unspecified atom stereocenters. The maximum absolute atomic E-state index is 13.1. The van der Waals surface area contributed by atoms with Crippen molar-refractivity contribution in [2.75, 3.05) is 0 Å². The highest BCUT2D eigenvalue weighted by Gasteiger charge is 2.07. The molecule has 0 aliphatic rings. The third-order valence-electron chi connectivity index (χ3n) is 2.69. The van der Waals surface area contributed by atoms with E-state index in [9.17, 15) is 13.2 Å². The molecule has 2 nitrogen and oxygen atoms in total. The van der Waals surface area contributed by atoms with Crippen molar-refractivity contribution in [3.63, 3.8) is 0 Å². The Bertz CT molecular complexity index is 591. The smallest absolute Gasteiger partial charge is 0.284 e. The Balaban J connectivity index is 1.82. The molecule has 0 radical (unpaired) electrons. The van der Waals surface area contributed by atoms with Gasteiger partial charge in [0, 0.05) is 11.0 Å². The highest BCUT2D eigenvalue weighted by molar-refractivity contribution is 9.10. The minimum absolute atomic E-state index is 0.146. The number of hydrogen-bond acceptors (Lipinski definition) is 3. The van der Waals surface area contributed by atoms with E-state index >= 15 is 0 Å². The summed E-state index contributed by atoms with van der Waals surface area (Å²) in [5.74, 6) is -1.37. The summed E-state index contributed by atoms with van der Waals surface area (Å²) in [7, 11) is 0. The number of rotatable bonds is 7. The third kappa shape index (κ3) is 5.41. The van der Waals surface area contributed by atoms with E-state index in [0.717, 1.165) is 10.0 Å². The zero-order valence-corrected chi connectivity index (χ0v) is 13.3. The van der Waals surface area contributed by atoms with Crippen LogP contribution in [0.2, 0.25) is 0 Å². The zero-order chi connectivity index (χ0) is 15.2. The van der Waals surface area contributed by atoms with Crippen LogP contribution in [0.25, 0.3) is 0 Å². The van der Waals surface area contributed by atoms with Crippen LogP contribution in [0.1, 0.15) is 17.1 Å². The van der Waals surface area contributed by atoms with E-state index in [1.54, 1.807) is 18.2 Å². The van der Waals surface area contributed by atoms with E-state index < -0.39 is 5.76 Å². The quantitative estimate of drug-likeness (QED) is 0.738. The molecule has 1 aromatic carbocycles. The molecule has 0 aliphatic carbocycles. The van der Waals surface area contributed by atoms with E-state index in [4.69, 9.17) is 4.42 Å². The standard InChI is InChI=1S/C14H13BrF3NOS/c15-13-4-1-10(16)5-9(13)6-19-7-11-2-3-12(20-11)8-21-14(17)18/h1-5,14,19H,6-8H2. The van der Waals surface area contributed by atoms with Crippen molar-refractivity contribution in [2.45, 2.75) is 24.6 Å². The maximum atomic E-state index is 13.1. The summed E-state index contributed by atoms with van der Waals surface area (Å²) < 4.78 is 43.5. The molecule has 7 heteroatoms. The molecule has 0 atom stereocenters. The predicted octanol–water partition coefficient (Wildman–Crippen LogP) is 4.93. The molecule has 114 valence electrons. The molecular formula is C14H13BrF3NOS. The molecule has 0 fully saturated rings. The van der Waals surface area contributed by atoms with Crippen LogP contribution in [-0.2, 0) is 18.8 Å². The predicted molar refractivity (Wildman–Crippen MR) is 80.7 cm³/mol. The normalized spacial score (nSPS) is 11.3. The van der Waals surface area contributed by atoms with Crippen LogP contribution < -0.4 is 5.32 Å². The largest absolute Gasteiger partial charge is 0.464 e. The molecular weight excluding hydrogens is 367 g/mol. The first-order valence-electron chi connectivity index (χ1n) is 6.16. The molecule has 0 aliphatic heterocycles. The van der Waals surface area contributed by atoms with Gasteiger partial charge in [-0.1, -0.05) is 27.7 Å². The minimum Gasteiger partial charge on any atom is -0.464 e. The van der Waals surface area contributed by atoms with Gasteiger partial charge in [-0.15, -0.1) is 0 Å². The lowest BCUT2D eigenvalue weighted by molar-refractivity contribution is 0.251. The summed E-state index contributed by atoms with van der Waals surface area (Å²) in [6.07, 6.45) is 0. The minimum atomic E-state index is -2.40. The van der Waals surface area contributed by atoms with Crippen molar-refractivity contribution in [2.24, 2.45) is 0 Å². The van der Waals surface area contributed by atoms with Crippen molar-refractivity contribution in [1.82, 2.24) is 5.32 Å². The van der Waals surface area contributed by atoms with Crippen LogP contribution in [0.3, 0.4) is 0 Å². The van der Waals surface area contributed by atoms with Crippen LogP contribution in [-0.4, -0.2) is 5.76 Å². The average molecular weight is 380 g/mol. The van der Waals surface area contributed by atoms with E-state index in [1.165, 1.54) is 12.1 Å². The first-order valence-corrected chi connectivity index (χ1v) is 8.01. The maximum Gasteiger partial charge on any atom is 0.284 e. The second-order valence-electron chi connectivity index (χ2n) is 4.28. The number of halogens is 4. The Kier molecular flexibility index (Phi) is 6.20. The van der Waals surface area contributed by atoms with Gasteiger partial charge in [0.05, 0.1) is 12.3 Å². The number of nitrogens with one attached hydrogen (secondary N) is 1. The molecule has 0 saturated carbocycles. The fraction of sp³-hybridized carbons (Fsp3) is 0.286. The topological polar surface area (TPSA) is 25.2 Å². The summed E-state index contributed by atoms with van der Waals surface area (Å²) in [6, 6.07) is 7.91. The molecule has 0 bridgehead atoms. The van der Waals surface area contributed by atoms with Crippen LogP contribution in [0.4, 0.5) is 13.2 Å². The lowest BCUT2D eigenvalue weighted by atomic mass is 10.2. The van der Waals surface area contributed by atoms with Gasteiger partial charge in [-0.2, -0.15) is 8.78 Å². The van der Waals surface area contributed by atoms with Crippen molar-refractivity contribution in [3.8, 4) is 0 Å². The number of hydrogen-bond donors (Lipinski definition) is 1. The van der Waals surface area contributed by atoms with E-state index in [-0.39, 0.29) is 11.6 Å². The molecule has 0 spiro atoms. The van der Waals surface area contributed by atoms with Gasteiger partial charge in [0.1, 0.15) is 17.3 Å². The monoisotopic (exact) mass is 379 g/mol. The first-order chi connectivity index (χ1) is 10.0. The Morgan fingerprint density at radius 1 is 1.14 bits per heavy atom. The van der Waals surface area contributed by atoms with Gasteiger partial charge in [0.15, 0.2) is 0 Å². The van der Waals surface area contributed by atoms with Crippen molar-refractivity contribution < 1.29 is 17.6 Å². The van der Waals surface area contributed by atoms with Gasteiger partial charge in [0.2, 0.25) is 0 Å². The van der Waals surface area contributed by atoms with Gasteiger partial charge in [-0.05, 0) is 35.9 Å². The third-order valence-corrected chi connectivity index (χ3v) is 4.17. The lowest BCUT2D eigenvalue weighted by Crippen LogP contribution is -2.12. The number of alkyl halides is 2. The highest BCUT2D eigenvalue weighted by atomic mass is 79.9. The van der Waals surface area contributed by atoms with E-state index in [0.29, 0.717) is 36.4 Å². The van der Waals surface area contributed by atoms with Gasteiger partial charge in [0.25, 0.3) is 5.76 Å². The Hall–Kier alpha value is -0.920. The summed E-state index contributed by atoms with van der Waals surface area (Å²) >= 11 is 3.88.